The maximum Gasteiger partial charge on any atom is 0.264 e. The van der Waals surface area contributed by atoms with Crippen LogP contribution in [-0.2, 0) is 16.4 Å². The monoisotopic (exact) mass is 489 g/mol. The third-order valence-electron chi connectivity index (χ3n) is 6.93. The first-order chi connectivity index (χ1) is 17.0. The minimum Gasteiger partial charge on any atom is -0.344 e. The number of fused-ring (bicyclic) bond motifs is 1. The van der Waals surface area contributed by atoms with E-state index < -0.39 is 10.0 Å². The molecule has 2 aliphatic heterocycles. The summed E-state index contributed by atoms with van der Waals surface area (Å²) in [7, 11) is -3.77. The first-order valence-electron chi connectivity index (χ1n) is 12.3. The average molecular weight is 490 g/mol. The lowest BCUT2D eigenvalue weighted by atomic mass is 10.0. The SMILES string of the molecule is O=C(NC(CN1CCCCC1)c1ccccc1)c1cccc(S(=O)(=O)N2CCc3ccccc32)c1. The van der Waals surface area contributed by atoms with Crippen LogP contribution in [0.1, 0.15) is 46.8 Å². The van der Waals surface area contributed by atoms with Crippen LogP contribution in [0, 0.1) is 0 Å². The Morgan fingerprint density at radius 1 is 0.857 bits per heavy atom. The fourth-order valence-corrected chi connectivity index (χ4v) is 6.59. The van der Waals surface area contributed by atoms with Gasteiger partial charge in [0.15, 0.2) is 0 Å². The van der Waals surface area contributed by atoms with Crippen LogP contribution in [0.15, 0.2) is 83.8 Å². The minimum absolute atomic E-state index is 0.133. The van der Waals surface area contributed by atoms with Gasteiger partial charge in [-0.15, -0.1) is 0 Å². The molecule has 7 heteroatoms. The number of hydrogen-bond donors (Lipinski definition) is 1. The minimum atomic E-state index is -3.77. The van der Waals surface area contributed by atoms with Gasteiger partial charge < -0.3 is 10.2 Å². The molecule has 5 rings (SSSR count). The standard InChI is InChI=1S/C28H31N3O3S/c32-28(29-26(22-10-3-1-4-11-22)21-30-17-7-2-8-18-30)24-13-9-14-25(20-24)35(33,34)31-19-16-23-12-5-6-15-27(23)31/h1,3-6,9-15,20,26H,2,7-8,16-19,21H2,(H,29,32). The number of para-hydroxylation sites is 1. The van der Waals surface area contributed by atoms with Gasteiger partial charge in [0.2, 0.25) is 0 Å². The number of piperidine rings is 1. The molecule has 2 aliphatic rings. The number of carbonyl (C=O) groups excluding carboxylic acids is 1. The Bertz CT molecular complexity index is 1290. The summed E-state index contributed by atoms with van der Waals surface area (Å²) in [5, 5.41) is 3.17. The van der Waals surface area contributed by atoms with Gasteiger partial charge in [0.05, 0.1) is 16.6 Å². The quantitative estimate of drug-likeness (QED) is 0.534. The predicted octanol–water partition coefficient (Wildman–Crippen LogP) is 4.40. The van der Waals surface area contributed by atoms with Crippen molar-refractivity contribution in [2.45, 2.75) is 36.6 Å². The van der Waals surface area contributed by atoms with Crippen molar-refractivity contribution >= 4 is 21.6 Å². The van der Waals surface area contributed by atoms with Crippen LogP contribution in [0.5, 0.6) is 0 Å². The molecule has 1 fully saturated rings. The number of nitrogens with one attached hydrogen (secondary N) is 1. The van der Waals surface area contributed by atoms with Crippen molar-refractivity contribution in [1.29, 1.82) is 0 Å². The molecule has 3 aromatic rings. The second kappa shape index (κ2) is 10.2. The summed E-state index contributed by atoms with van der Waals surface area (Å²) >= 11 is 0. The maximum absolute atomic E-state index is 13.5. The molecule has 1 N–H and O–H groups in total. The highest BCUT2D eigenvalue weighted by Crippen LogP contribution is 2.32. The van der Waals surface area contributed by atoms with E-state index in [1.165, 1.54) is 29.6 Å². The van der Waals surface area contributed by atoms with E-state index in [0.29, 0.717) is 24.2 Å². The molecule has 0 aliphatic carbocycles. The molecule has 0 saturated carbocycles. The highest BCUT2D eigenvalue weighted by molar-refractivity contribution is 7.92. The normalized spacial score (nSPS) is 17.1. The second-order valence-electron chi connectivity index (χ2n) is 9.28. The molecule has 35 heavy (non-hydrogen) atoms. The number of benzene rings is 3. The Balaban J connectivity index is 1.37. The number of carbonyl (C=O) groups is 1. The Hall–Kier alpha value is -3.16. The zero-order chi connectivity index (χ0) is 24.3. The van der Waals surface area contributed by atoms with Gasteiger partial charge in [-0.1, -0.05) is 61.0 Å². The van der Waals surface area contributed by atoms with E-state index in [4.69, 9.17) is 0 Å². The molecule has 0 aromatic heterocycles. The van der Waals surface area contributed by atoms with E-state index in [1.54, 1.807) is 18.2 Å². The summed E-state index contributed by atoms with van der Waals surface area (Å²) < 4.78 is 28.4. The number of likely N-dealkylation sites (tertiary alicyclic amines) is 1. The van der Waals surface area contributed by atoms with Crippen molar-refractivity contribution in [1.82, 2.24) is 10.2 Å². The third kappa shape index (κ3) is 5.11. The smallest absolute Gasteiger partial charge is 0.264 e. The van der Waals surface area contributed by atoms with Crippen molar-refractivity contribution in [3.8, 4) is 0 Å². The van der Waals surface area contributed by atoms with Crippen LogP contribution < -0.4 is 9.62 Å². The summed E-state index contributed by atoms with van der Waals surface area (Å²) in [5.74, 6) is -0.269. The van der Waals surface area contributed by atoms with Crippen LogP contribution in [0.3, 0.4) is 0 Å². The fourth-order valence-electron chi connectivity index (χ4n) is 5.04. The van der Waals surface area contributed by atoms with Crippen molar-refractivity contribution in [2.24, 2.45) is 0 Å². The number of sulfonamides is 1. The molecular formula is C28H31N3O3S. The van der Waals surface area contributed by atoms with E-state index in [2.05, 4.69) is 10.2 Å². The highest BCUT2D eigenvalue weighted by atomic mass is 32.2. The second-order valence-corrected chi connectivity index (χ2v) is 11.1. The van der Waals surface area contributed by atoms with Crippen molar-refractivity contribution < 1.29 is 13.2 Å². The van der Waals surface area contributed by atoms with Crippen molar-refractivity contribution in [3.63, 3.8) is 0 Å². The lowest BCUT2D eigenvalue weighted by Gasteiger charge is -2.31. The van der Waals surface area contributed by atoms with Gasteiger partial charge in [-0.2, -0.15) is 0 Å². The summed E-state index contributed by atoms with van der Waals surface area (Å²) in [6.07, 6.45) is 4.29. The predicted molar refractivity (Wildman–Crippen MR) is 138 cm³/mol. The summed E-state index contributed by atoms with van der Waals surface area (Å²) in [6, 6.07) is 23.8. The number of anilines is 1. The van der Waals surface area contributed by atoms with E-state index >= 15 is 0 Å². The molecule has 0 spiro atoms. The third-order valence-corrected chi connectivity index (χ3v) is 8.73. The lowest BCUT2D eigenvalue weighted by Crippen LogP contribution is -2.40. The average Bonchev–Trinajstić information content (AvgIpc) is 3.35. The van der Waals surface area contributed by atoms with Crippen molar-refractivity contribution in [2.75, 3.05) is 30.5 Å². The fraction of sp³-hybridized carbons (Fsp3) is 0.321. The van der Waals surface area contributed by atoms with E-state index in [-0.39, 0.29) is 16.8 Å². The molecule has 6 nitrogen and oxygen atoms in total. The van der Waals surface area contributed by atoms with Crippen LogP contribution >= 0.6 is 0 Å². The first kappa shape index (κ1) is 23.6. The molecule has 1 unspecified atom stereocenters. The van der Waals surface area contributed by atoms with Crippen LogP contribution in [-0.4, -0.2) is 45.4 Å². The molecule has 1 atom stereocenters. The van der Waals surface area contributed by atoms with E-state index in [1.807, 2.05) is 54.6 Å². The first-order valence-corrected chi connectivity index (χ1v) is 13.8. The van der Waals surface area contributed by atoms with Gasteiger partial charge in [-0.25, -0.2) is 8.42 Å². The van der Waals surface area contributed by atoms with Crippen LogP contribution in [0.25, 0.3) is 0 Å². The number of nitrogens with zero attached hydrogens (tertiary/aromatic N) is 2. The Labute approximate surface area is 207 Å². The summed E-state index contributed by atoms with van der Waals surface area (Å²) in [6.45, 7) is 3.21. The highest BCUT2D eigenvalue weighted by Gasteiger charge is 2.31. The Morgan fingerprint density at radius 2 is 1.60 bits per heavy atom. The lowest BCUT2D eigenvalue weighted by molar-refractivity contribution is 0.0920. The zero-order valence-corrected chi connectivity index (χ0v) is 20.6. The Kier molecular flexibility index (Phi) is 6.88. The maximum atomic E-state index is 13.5. The van der Waals surface area contributed by atoms with Gasteiger partial charge in [0, 0.05) is 18.7 Å². The molecule has 1 saturated heterocycles. The van der Waals surface area contributed by atoms with Crippen molar-refractivity contribution in [3.05, 3.63) is 95.6 Å². The number of amides is 1. The zero-order valence-electron chi connectivity index (χ0n) is 19.8. The molecule has 0 bridgehead atoms. The molecule has 3 aromatic carbocycles. The molecule has 182 valence electrons. The van der Waals surface area contributed by atoms with Gasteiger partial charge >= 0.3 is 0 Å². The largest absolute Gasteiger partial charge is 0.344 e. The van der Waals surface area contributed by atoms with E-state index in [9.17, 15) is 13.2 Å². The van der Waals surface area contributed by atoms with Gasteiger partial charge in [-0.3, -0.25) is 9.10 Å². The van der Waals surface area contributed by atoms with Gasteiger partial charge in [-0.05, 0) is 67.7 Å². The van der Waals surface area contributed by atoms with Crippen LogP contribution in [0.2, 0.25) is 0 Å². The van der Waals surface area contributed by atoms with E-state index in [0.717, 1.165) is 30.8 Å². The van der Waals surface area contributed by atoms with Gasteiger partial charge in [0.25, 0.3) is 15.9 Å². The molecule has 1 amide bonds. The number of rotatable bonds is 7. The molecule has 0 radical (unpaired) electrons. The summed E-state index contributed by atoms with van der Waals surface area (Å²) in [4.78, 5) is 15.9. The van der Waals surface area contributed by atoms with Gasteiger partial charge in [0.1, 0.15) is 0 Å². The molecule has 2 heterocycles. The number of hydrogen-bond acceptors (Lipinski definition) is 4. The summed E-state index contributed by atoms with van der Waals surface area (Å²) in [5.41, 5.74) is 3.13. The topological polar surface area (TPSA) is 69.7 Å². The van der Waals surface area contributed by atoms with Crippen LogP contribution in [0.4, 0.5) is 5.69 Å². The molecular weight excluding hydrogens is 458 g/mol. The Morgan fingerprint density at radius 3 is 2.40 bits per heavy atom.